The van der Waals surface area contributed by atoms with Gasteiger partial charge < -0.3 is 5.32 Å². The van der Waals surface area contributed by atoms with Crippen molar-refractivity contribution in [1.29, 1.82) is 0 Å². The van der Waals surface area contributed by atoms with Crippen LogP contribution < -0.4 is 10.9 Å². The minimum absolute atomic E-state index is 0.132. The maximum Gasteiger partial charge on any atom is 0.268 e. The Balaban J connectivity index is 2.27. The second kappa shape index (κ2) is 6.48. The number of hydrogen-bond acceptors (Lipinski definition) is 3. The molecule has 0 saturated carbocycles. The molecule has 1 aromatic heterocycles. The highest BCUT2D eigenvalue weighted by molar-refractivity contribution is 5.59. The Labute approximate surface area is 119 Å². The molecular formula is C16H21N3O. The van der Waals surface area contributed by atoms with Gasteiger partial charge in [-0.15, -0.1) is 0 Å². The summed E-state index contributed by atoms with van der Waals surface area (Å²) in [4.78, 5) is 11.8. The molecule has 4 nitrogen and oxygen atoms in total. The largest absolute Gasteiger partial charge is 0.310 e. The van der Waals surface area contributed by atoms with E-state index in [1.807, 2.05) is 18.2 Å². The quantitative estimate of drug-likeness (QED) is 0.878. The molecule has 0 bridgehead atoms. The van der Waals surface area contributed by atoms with Crippen molar-refractivity contribution < 1.29 is 0 Å². The molecule has 1 aromatic carbocycles. The SMILES string of the molecule is CCc1ccc(-c2cc(CNC(C)C)c(=O)[nH]n2)cc1. The molecule has 0 atom stereocenters. The molecule has 2 aromatic rings. The van der Waals surface area contributed by atoms with Crippen molar-refractivity contribution in [1.82, 2.24) is 15.5 Å². The summed E-state index contributed by atoms with van der Waals surface area (Å²) in [7, 11) is 0. The molecule has 106 valence electrons. The first-order chi connectivity index (χ1) is 9.60. The molecule has 1 heterocycles. The van der Waals surface area contributed by atoms with Crippen LogP contribution in [0, 0.1) is 0 Å². The summed E-state index contributed by atoms with van der Waals surface area (Å²) in [6.45, 7) is 6.79. The van der Waals surface area contributed by atoms with Crippen LogP contribution in [-0.2, 0) is 13.0 Å². The molecule has 0 amide bonds. The van der Waals surface area contributed by atoms with Gasteiger partial charge in [0.2, 0.25) is 0 Å². The molecule has 0 radical (unpaired) electrons. The van der Waals surface area contributed by atoms with Gasteiger partial charge in [0.15, 0.2) is 0 Å². The average Bonchev–Trinajstić information content (AvgIpc) is 2.46. The summed E-state index contributed by atoms with van der Waals surface area (Å²) in [5, 5.41) is 9.95. The zero-order chi connectivity index (χ0) is 14.5. The fraction of sp³-hybridized carbons (Fsp3) is 0.375. The lowest BCUT2D eigenvalue weighted by Crippen LogP contribution is -2.26. The number of hydrogen-bond donors (Lipinski definition) is 2. The Morgan fingerprint density at radius 1 is 1.25 bits per heavy atom. The summed E-state index contributed by atoms with van der Waals surface area (Å²) >= 11 is 0. The van der Waals surface area contributed by atoms with Crippen molar-refractivity contribution in [3.8, 4) is 11.3 Å². The lowest BCUT2D eigenvalue weighted by molar-refractivity contribution is 0.585. The molecule has 2 N–H and O–H groups in total. The van der Waals surface area contributed by atoms with Crippen molar-refractivity contribution in [2.75, 3.05) is 0 Å². The number of H-pyrrole nitrogens is 1. The van der Waals surface area contributed by atoms with Gasteiger partial charge in [0.05, 0.1) is 5.69 Å². The molecule has 0 spiro atoms. The van der Waals surface area contributed by atoms with Gasteiger partial charge in [0, 0.05) is 23.7 Å². The number of rotatable bonds is 5. The Hall–Kier alpha value is -1.94. The molecule has 0 aliphatic heterocycles. The number of nitrogens with zero attached hydrogens (tertiary/aromatic N) is 1. The molecule has 0 unspecified atom stereocenters. The zero-order valence-corrected chi connectivity index (χ0v) is 12.2. The van der Waals surface area contributed by atoms with Crippen LogP contribution in [0.4, 0.5) is 0 Å². The minimum Gasteiger partial charge on any atom is -0.310 e. The molecule has 0 fully saturated rings. The van der Waals surface area contributed by atoms with E-state index in [1.54, 1.807) is 0 Å². The number of aromatic amines is 1. The minimum atomic E-state index is -0.132. The van der Waals surface area contributed by atoms with Crippen LogP contribution in [-0.4, -0.2) is 16.2 Å². The standard InChI is InChI=1S/C16H21N3O/c1-4-12-5-7-13(8-6-12)15-9-14(10-17-11(2)3)16(20)19-18-15/h5-9,11,17H,4,10H2,1-3H3,(H,19,20). The predicted molar refractivity (Wildman–Crippen MR) is 81.6 cm³/mol. The Bertz CT molecular complexity index is 614. The number of aryl methyl sites for hydroxylation is 1. The third-order valence-corrected chi connectivity index (χ3v) is 3.24. The van der Waals surface area contributed by atoms with E-state index < -0.39 is 0 Å². The van der Waals surface area contributed by atoms with Crippen LogP contribution in [0.3, 0.4) is 0 Å². The van der Waals surface area contributed by atoms with Gasteiger partial charge in [-0.3, -0.25) is 4.79 Å². The summed E-state index contributed by atoms with van der Waals surface area (Å²) in [6.07, 6.45) is 1.02. The van der Waals surface area contributed by atoms with Gasteiger partial charge in [-0.05, 0) is 18.1 Å². The van der Waals surface area contributed by atoms with Gasteiger partial charge in [0.1, 0.15) is 0 Å². The predicted octanol–water partition coefficient (Wildman–Crippen LogP) is 2.50. The second-order valence-electron chi connectivity index (χ2n) is 5.19. The van der Waals surface area contributed by atoms with Crippen LogP contribution in [0.25, 0.3) is 11.3 Å². The Morgan fingerprint density at radius 3 is 2.55 bits per heavy atom. The van der Waals surface area contributed by atoms with E-state index >= 15 is 0 Å². The van der Waals surface area contributed by atoms with Crippen LogP contribution in [0.5, 0.6) is 0 Å². The molecule has 4 heteroatoms. The van der Waals surface area contributed by atoms with Crippen LogP contribution in [0.2, 0.25) is 0 Å². The third kappa shape index (κ3) is 3.54. The van der Waals surface area contributed by atoms with E-state index in [-0.39, 0.29) is 5.56 Å². The smallest absolute Gasteiger partial charge is 0.268 e. The van der Waals surface area contributed by atoms with E-state index in [9.17, 15) is 4.79 Å². The third-order valence-electron chi connectivity index (χ3n) is 3.24. The van der Waals surface area contributed by atoms with Gasteiger partial charge in [-0.1, -0.05) is 45.0 Å². The average molecular weight is 271 g/mol. The van der Waals surface area contributed by atoms with E-state index in [4.69, 9.17) is 0 Å². The van der Waals surface area contributed by atoms with Gasteiger partial charge in [-0.25, -0.2) is 5.10 Å². The molecule has 0 aliphatic carbocycles. The fourth-order valence-corrected chi connectivity index (χ4v) is 1.95. The number of nitrogens with one attached hydrogen (secondary N) is 2. The highest BCUT2D eigenvalue weighted by atomic mass is 16.1. The first-order valence-electron chi connectivity index (χ1n) is 7.01. The summed E-state index contributed by atoms with van der Waals surface area (Å²) < 4.78 is 0. The second-order valence-corrected chi connectivity index (χ2v) is 5.19. The molecule has 0 aliphatic rings. The normalized spacial score (nSPS) is 11.0. The van der Waals surface area contributed by atoms with Crippen molar-refractivity contribution in [3.05, 3.63) is 51.8 Å². The van der Waals surface area contributed by atoms with Crippen molar-refractivity contribution >= 4 is 0 Å². The maximum absolute atomic E-state index is 11.8. The van der Waals surface area contributed by atoms with Crippen molar-refractivity contribution in [2.45, 2.75) is 39.8 Å². The highest BCUT2D eigenvalue weighted by Gasteiger charge is 2.06. The van der Waals surface area contributed by atoms with Crippen LogP contribution in [0.15, 0.2) is 35.1 Å². The first-order valence-corrected chi connectivity index (χ1v) is 7.01. The van der Waals surface area contributed by atoms with Gasteiger partial charge in [0.25, 0.3) is 5.56 Å². The monoisotopic (exact) mass is 271 g/mol. The van der Waals surface area contributed by atoms with E-state index in [1.165, 1.54) is 5.56 Å². The lowest BCUT2D eigenvalue weighted by Gasteiger charge is -2.08. The summed E-state index contributed by atoms with van der Waals surface area (Å²) in [5.74, 6) is 0. The summed E-state index contributed by atoms with van der Waals surface area (Å²) in [6, 6.07) is 10.5. The molecule has 0 saturated heterocycles. The van der Waals surface area contributed by atoms with E-state index in [0.717, 1.165) is 17.7 Å². The highest BCUT2D eigenvalue weighted by Crippen LogP contribution is 2.17. The lowest BCUT2D eigenvalue weighted by atomic mass is 10.1. The Kier molecular flexibility index (Phi) is 4.69. The molecule has 2 rings (SSSR count). The first kappa shape index (κ1) is 14.5. The zero-order valence-electron chi connectivity index (χ0n) is 12.2. The number of aromatic nitrogens is 2. The topological polar surface area (TPSA) is 57.8 Å². The van der Waals surface area contributed by atoms with E-state index in [2.05, 4.69) is 48.4 Å². The van der Waals surface area contributed by atoms with Crippen molar-refractivity contribution in [2.24, 2.45) is 0 Å². The number of benzene rings is 1. The molecular weight excluding hydrogens is 250 g/mol. The summed E-state index contributed by atoms with van der Waals surface area (Å²) in [5.41, 5.74) is 3.69. The molecule has 20 heavy (non-hydrogen) atoms. The fourth-order valence-electron chi connectivity index (χ4n) is 1.95. The maximum atomic E-state index is 11.8. The Morgan fingerprint density at radius 2 is 1.95 bits per heavy atom. The van der Waals surface area contributed by atoms with Crippen LogP contribution >= 0.6 is 0 Å². The van der Waals surface area contributed by atoms with Crippen LogP contribution in [0.1, 0.15) is 31.9 Å². The van der Waals surface area contributed by atoms with Gasteiger partial charge >= 0.3 is 0 Å². The van der Waals surface area contributed by atoms with Gasteiger partial charge in [-0.2, -0.15) is 5.10 Å². The van der Waals surface area contributed by atoms with Crippen molar-refractivity contribution in [3.63, 3.8) is 0 Å². The van der Waals surface area contributed by atoms with E-state index in [0.29, 0.717) is 18.2 Å².